The molecular weight excluding hydrogens is 354 g/mol. The Morgan fingerprint density at radius 3 is 2.62 bits per heavy atom. The highest BCUT2D eigenvalue weighted by Gasteiger charge is 2.24. The third kappa shape index (κ3) is 3.53. The number of benzene rings is 2. The van der Waals surface area contributed by atoms with Crippen molar-refractivity contribution in [1.82, 2.24) is 0 Å². The zero-order valence-electron chi connectivity index (χ0n) is 14.7. The van der Waals surface area contributed by atoms with Crippen LogP contribution in [0.25, 0.3) is 0 Å². The molecule has 0 amide bonds. The second-order valence-corrected chi connectivity index (χ2v) is 6.73. The third-order valence-corrected chi connectivity index (χ3v) is 4.90. The lowest BCUT2D eigenvalue weighted by Gasteiger charge is -2.15. The molecule has 1 aliphatic rings. The number of nitrogens with two attached hydrogens (primary N) is 1. The van der Waals surface area contributed by atoms with Gasteiger partial charge < -0.3 is 15.2 Å². The van der Waals surface area contributed by atoms with E-state index in [1.54, 1.807) is 13.0 Å². The number of rotatable bonds is 5. The lowest BCUT2D eigenvalue weighted by Crippen LogP contribution is -2.25. The van der Waals surface area contributed by atoms with Crippen molar-refractivity contribution >= 4 is 29.0 Å². The van der Waals surface area contributed by atoms with Crippen molar-refractivity contribution in [2.75, 3.05) is 12.8 Å². The summed E-state index contributed by atoms with van der Waals surface area (Å²) < 4.78 is 10.5. The molecule has 0 bridgehead atoms. The lowest BCUT2D eigenvalue weighted by atomic mass is 10.0. The average molecular weight is 374 g/mol. The van der Waals surface area contributed by atoms with Crippen molar-refractivity contribution in [2.24, 2.45) is 0 Å². The summed E-state index contributed by atoms with van der Waals surface area (Å²) in [5.41, 5.74) is 9.17. The number of carbonyl (C=O) groups excluding carboxylic acids is 2. The Morgan fingerprint density at radius 1 is 1.15 bits per heavy atom. The van der Waals surface area contributed by atoms with E-state index in [0.717, 1.165) is 19.3 Å². The van der Waals surface area contributed by atoms with Gasteiger partial charge in [0.15, 0.2) is 6.10 Å². The summed E-state index contributed by atoms with van der Waals surface area (Å²) in [5.74, 6) is -0.687. The molecule has 0 fully saturated rings. The fraction of sp³-hybridized carbons (Fsp3) is 0.300. The second kappa shape index (κ2) is 7.38. The van der Waals surface area contributed by atoms with Crippen molar-refractivity contribution in [3.8, 4) is 5.75 Å². The smallest absolute Gasteiger partial charge is 0.342 e. The van der Waals surface area contributed by atoms with Gasteiger partial charge in [-0.25, -0.2) is 4.79 Å². The number of aryl methyl sites for hydroxylation is 2. The van der Waals surface area contributed by atoms with Gasteiger partial charge >= 0.3 is 5.97 Å². The van der Waals surface area contributed by atoms with E-state index < -0.39 is 12.1 Å². The summed E-state index contributed by atoms with van der Waals surface area (Å²) >= 11 is 5.98. The molecule has 0 heterocycles. The van der Waals surface area contributed by atoms with Crippen molar-refractivity contribution < 1.29 is 19.1 Å². The van der Waals surface area contributed by atoms with Gasteiger partial charge in [0.05, 0.1) is 17.8 Å². The van der Waals surface area contributed by atoms with Crippen LogP contribution in [0, 0.1) is 0 Å². The number of ketones is 1. The van der Waals surface area contributed by atoms with Crippen LogP contribution >= 0.6 is 11.6 Å². The Labute approximate surface area is 157 Å². The number of hydrogen-bond donors (Lipinski definition) is 1. The van der Waals surface area contributed by atoms with Crippen LogP contribution in [0.4, 0.5) is 5.69 Å². The molecule has 2 aromatic carbocycles. The minimum atomic E-state index is -0.928. The maximum Gasteiger partial charge on any atom is 0.342 e. The van der Waals surface area contributed by atoms with Crippen molar-refractivity contribution in [1.29, 1.82) is 0 Å². The fourth-order valence-corrected chi connectivity index (χ4v) is 3.30. The highest BCUT2D eigenvalue weighted by Crippen LogP contribution is 2.30. The Hall–Kier alpha value is -2.53. The number of nitrogen functional groups attached to an aromatic ring is 1. The highest BCUT2D eigenvalue weighted by molar-refractivity contribution is 6.33. The molecule has 0 unspecified atom stereocenters. The molecule has 0 saturated heterocycles. The highest BCUT2D eigenvalue weighted by atomic mass is 35.5. The monoisotopic (exact) mass is 373 g/mol. The number of halogens is 1. The summed E-state index contributed by atoms with van der Waals surface area (Å²) in [6.07, 6.45) is 2.20. The average Bonchev–Trinajstić information content (AvgIpc) is 3.10. The van der Waals surface area contributed by atoms with E-state index in [4.69, 9.17) is 26.8 Å². The van der Waals surface area contributed by atoms with Crippen molar-refractivity contribution in [2.45, 2.75) is 32.3 Å². The molecule has 1 atom stereocenters. The van der Waals surface area contributed by atoms with Crippen LogP contribution in [-0.4, -0.2) is 25.0 Å². The molecule has 5 nitrogen and oxygen atoms in total. The van der Waals surface area contributed by atoms with E-state index in [1.165, 1.54) is 30.4 Å². The number of carbonyl (C=O) groups is 2. The van der Waals surface area contributed by atoms with Gasteiger partial charge in [0.25, 0.3) is 0 Å². The molecule has 1 aliphatic carbocycles. The van der Waals surface area contributed by atoms with Crippen molar-refractivity contribution in [3.63, 3.8) is 0 Å². The van der Waals surface area contributed by atoms with E-state index in [1.807, 2.05) is 12.1 Å². The SMILES string of the molecule is COc1cc(N)c(Cl)cc1C(=O)O[C@@H](C)C(=O)c1ccc2c(c1)CCC2. The molecular formula is C20H20ClNO4. The molecule has 136 valence electrons. The summed E-state index contributed by atoms with van der Waals surface area (Å²) in [6, 6.07) is 8.50. The van der Waals surface area contributed by atoms with E-state index in [0.29, 0.717) is 11.3 Å². The Kier molecular flexibility index (Phi) is 5.18. The molecule has 0 aromatic heterocycles. The quantitative estimate of drug-likeness (QED) is 0.489. The summed E-state index contributed by atoms with van der Waals surface area (Å²) in [4.78, 5) is 25.1. The first-order chi connectivity index (χ1) is 12.4. The third-order valence-electron chi connectivity index (χ3n) is 4.57. The van der Waals surface area contributed by atoms with Gasteiger partial charge in [-0.2, -0.15) is 0 Å². The van der Waals surface area contributed by atoms with Gasteiger partial charge in [-0.3, -0.25) is 4.79 Å². The van der Waals surface area contributed by atoms with E-state index in [2.05, 4.69) is 0 Å². The van der Waals surface area contributed by atoms with Crippen LogP contribution in [0.3, 0.4) is 0 Å². The topological polar surface area (TPSA) is 78.6 Å². The molecule has 0 aliphatic heterocycles. The molecule has 0 radical (unpaired) electrons. The molecule has 6 heteroatoms. The first kappa shape index (κ1) is 18.3. The van der Waals surface area contributed by atoms with Crippen LogP contribution in [0.5, 0.6) is 5.75 Å². The van der Waals surface area contributed by atoms with Gasteiger partial charge in [0.2, 0.25) is 5.78 Å². The normalized spacial score (nSPS) is 13.8. The Morgan fingerprint density at radius 2 is 1.88 bits per heavy atom. The lowest BCUT2D eigenvalue weighted by molar-refractivity contribution is 0.0316. The minimum Gasteiger partial charge on any atom is -0.496 e. The van der Waals surface area contributed by atoms with Crippen LogP contribution < -0.4 is 10.5 Å². The van der Waals surface area contributed by atoms with Gasteiger partial charge in [0, 0.05) is 11.6 Å². The standard InChI is InChI=1S/C20H20ClNO4/c1-11(19(23)14-7-6-12-4-3-5-13(12)8-14)26-20(24)15-9-16(21)17(22)10-18(15)25-2/h6-11H,3-5,22H2,1-2H3/t11-/m0/s1. The second-order valence-electron chi connectivity index (χ2n) is 6.32. The van der Waals surface area contributed by atoms with Crippen LogP contribution in [0.2, 0.25) is 5.02 Å². The molecule has 2 N–H and O–H groups in total. The fourth-order valence-electron chi connectivity index (χ4n) is 3.13. The zero-order valence-corrected chi connectivity index (χ0v) is 15.4. The van der Waals surface area contributed by atoms with Crippen molar-refractivity contribution in [3.05, 3.63) is 57.6 Å². The number of methoxy groups -OCH3 is 1. The van der Waals surface area contributed by atoms with Gasteiger partial charge in [0.1, 0.15) is 11.3 Å². The predicted octanol–water partition coefficient (Wildman–Crippen LogP) is 3.85. The number of hydrogen-bond acceptors (Lipinski definition) is 5. The first-order valence-corrected chi connectivity index (χ1v) is 8.78. The van der Waals surface area contributed by atoms with Crippen LogP contribution in [0.15, 0.2) is 30.3 Å². The first-order valence-electron chi connectivity index (χ1n) is 8.40. The predicted molar refractivity (Wildman–Crippen MR) is 100 cm³/mol. The van der Waals surface area contributed by atoms with Crippen LogP contribution in [-0.2, 0) is 17.6 Å². The zero-order chi connectivity index (χ0) is 18.8. The van der Waals surface area contributed by atoms with E-state index >= 15 is 0 Å². The molecule has 26 heavy (non-hydrogen) atoms. The number of ether oxygens (including phenoxy) is 2. The minimum absolute atomic E-state index is 0.125. The number of esters is 1. The number of fused-ring (bicyclic) bond motifs is 1. The molecule has 0 saturated carbocycles. The largest absolute Gasteiger partial charge is 0.496 e. The Bertz CT molecular complexity index is 878. The van der Waals surface area contributed by atoms with Crippen LogP contribution in [0.1, 0.15) is 45.2 Å². The van der Waals surface area contributed by atoms with E-state index in [9.17, 15) is 9.59 Å². The number of Topliss-reactive ketones (excluding diaryl/α,β-unsaturated/α-hetero) is 1. The summed E-state index contributed by atoms with van der Waals surface area (Å²) in [6.45, 7) is 1.55. The van der Waals surface area contributed by atoms with Gasteiger partial charge in [-0.05, 0) is 49.4 Å². The maximum absolute atomic E-state index is 12.6. The van der Waals surface area contributed by atoms with Gasteiger partial charge in [-0.1, -0.05) is 23.7 Å². The maximum atomic E-state index is 12.6. The van der Waals surface area contributed by atoms with Gasteiger partial charge in [-0.15, -0.1) is 0 Å². The molecule has 3 rings (SSSR count). The summed E-state index contributed by atoms with van der Waals surface area (Å²) in [7, 11) is 1.42. The van der Waals surface area contributed by atoms with E-state index in [-0.39, 0.29) is 22.1 Å². The molecule has 2 aromatic rings. The number of anilines is 1. The Balaban J connectivity index is 1.77. The molecule has 0 spiro atoms. The summed E-state index contributed by atoms with van der Waals surface area (Å²) in [5, 5.41) is 0.218.